The van der Waals surface area contributed by atoms with Gasteiger partial charge in [0.15, 0.2) is 11.5 Å². The molecule has 6 aliphatic rings. The molecule has 0 fully saturated rings. The number of hydrogen-bond donors (Lipinski definition) is 0. The number of ether oxygens (including phenoxy) is 2. The number of hydrogen-bond acceptors (Lipinski definition) is 5. The highest BCUT2D eigenvalue weighted by Crippen LogP contribution is 2.57. The lowest BCUT2D eigenvalue weighted by Crippen LogP contribution is -2.20. The molecule has 3 atom stereocenters. The average molecular weight is 1160 g/mol. The summed E-state index contributed by atoms with van der Waals surface area (Å²) in [6.45, 7) is 38.4. The fourth-order valence-corrected chi connectivity index (χ4v) is 16.9. The molecule has 4 nitrogen and oxygen atoms in total. The largest absolute Gasteiger partial charge is 0.488 e. The third-order valence-electron chi connectivity index (χ3n) is 20.3. The molecule has 87 heavy (non-hydrogen) atoms. The molecule has 13 rings (SSSR count). The van der Waals surface area contributed by atoms with Crippen LogP contribution in [0.1, 0.15) is 168 Å². The van der Waals surface area contributed by atoms with E-state index in [4.69, 9.17) is 16.1 Å². The highest BCUT2D eigenvalue weighted by Gasteiger charge is 2.42. The summed E-state index contributed by atoms with van der Waals surface area (Å²) in [7, 11) is 0. The van der Waals surface area contributed by atoms with Crippen molar-refractivity contribution < 1.29 is 9.47 Å². The molecule has 0 spiro atoms. The molecular weight excluding hydrogens is 1080 g/mol. The van der Waals surface area contributed by atoms with E-state index in [-0.39, 0.29) is 27.6 Å². The molecule has 1 aliphatic heterocycles. The molecule has 440 valence electrons. The van der Waals surface area contributed by atoms with Crippen LogP contribution < -0.4 is 19.3 Å². The molecule has 0 amide bonds. The van der Waals surface area contributed by atoms with Crippen molar-refractivity contribution in [3.8, 4) is 33.8 Å². The Hall–Kier alpha value is -8.12. The standard InChI is InChI=1S/C82H84N2O2S/c1-15-18-27-68-53(6)61-40-36-57(47-72(61)80(68,9)10)83(58-37-41-64-62-25-19-21-28-69(62)81(11,12)73(64)48-58)52(5)30-31-54(17-3)77-75-76(86-45-23-44-85-75)78(87-77)55-32-34-56(35-33-55)84(59-39-43-66-67(51(4)24-16-2)50-79(7,8)71(66)46-59)60-38-42-65-63-26-20-22-29-70(63)82(13,14)74(65)49-60/h15-22,24-32,34-43,46-49,51,55,67H,5-6,23,33,44-45,50H2,1-4,7-14H3. The van der Waals surface area contributed by atoms with E-state index in [1.807, 2.05) is 0 Å². The average Bonchev–Trinajstić information content (AvgIpc) is 3.17. The zero-order valence-electron chi connectivity index (χ0n) is 53.2. The van der Waals surface area contributed by atoms with Crippen molar-refractivity contribution in [1.29, 1.82) is 0 Å². The van der Waals surface area contributed by atoms with Gasteiger partial charge in [-0.05, 0) is 195 Å². The lowest BCUT2D eigenvalue weighted by molar-refractivity contribution is 0.295. The van der Waals surface area contributed by atoms with Crippen LogP contribution >= 0.6 is 11.3 Å². The van der Waals surface area contributed by atoms with Gasteiger partial charge in [0.2, 0.25) is 0 Å². The minimum Gasteiger partial charge on any atom is -0.488 e. The molecule has 5 aliphatic carbocycles. The number of nitrogens with zero attached hydrogens (tertiary/aromatic N) is 2. The number of anilines is 4. The summed E-state index contributed by atoms with van der Waals surface area (Å²) in [5.41, 5.74) is 25.5. The minimum atomic E-state index is -0.243. The quantitative estimate of drug-likeness (QED) is 0.0849. The summed E-state index contributed by atoms with van der Waals surface area (Å²) >= 11 is 1.80. The van der Waals surface area contributed by atoms with Crippen molar-refractivity contribution in [3.05, 3.63) is 273 Å². The third-order valence-corrected chi connectivity index (χ3v) is 21.6. The Balaban J connectivity index is 0.851. The van der Waals surface area contributed by atoms with E-state index in [1.54, 1.807) is 11.3 Å². The van der Waals surface area contributed by atoms with E-state index in [1.165, 1.54) is 94.3 Å². The van der Waals surface area contributed by atoms with Crippen LogP contribution in [0.5, 0.6) is 11.5 Å². The normalized spacial score (nSPS) is 20.5. The Labute approximate surface area is 522 Å². The molecular formula is C82H84N2O2S. The topological polar surface area (TPSA) is 24.9 Å². The number of fused-ring (bicyclic) bond motifs is 9. The number of benzene rings is 6. The first kappa shape index (κ1) is 57.9. The molecule has 5 heteroatoms. The minimum absolute atomic E-state index is 0.0444. The van der Waals surface area contributed by atoms with Crippen LogP contribution in [0.3, 0.4) is 0 Å². The molecule has 3 unspecified atom stereocenters. The van der Waals surface area contributed by atoms with Crippen molar-refractivity contribution >= 4 is 45.2 Å². The van der Waals surface area contributed by atoms with Gasteiger partial charge in [-0.2, -0.15) is 0 Å². The first-order chi connectivity index (χ1) is 41.8. The van der Waals surface area contributed by atoms with Gasteiger partial charge in [-0.3, -0.25) is 0 Å². The van der Waals surface area contributed by atoms with Gasteiger partial charge in [-0.15, -0.1) is 11.3 Å². The molecule has 0 bridgehead atoms. The first-order valence-corrected chi connectivity index (χ1v) is 32.5. The van der Waals surface area contributed by atoms with Crippen molar-refractivity contribution in [2.24, 2.45) is 5.92 Å². The summed E-state index contributed by atoms with van der Waals surface area (Å²) in [4.78, 5) is 7.12. The summed E-state index contributed by atoms with van der Waals surface area (Å²) < 4.78 is 13.6. The second-order valence-electron chi connectivity index (χ2n) is 27.2. The maximum atomic E-state index is 6.78. The van der Waals surface area contributed by atoms with E-state index in [0.717, 1.165) is 63.9 Å². The van der Waals surface area contributed by atoms with Gasteiger partial charge in [0.1, 0.15) is 0 Å². The van der Waals surface area contributed by atoms with Gasteiger partial charge in [0.25, 0.3) is 0 Å². The predicted octanol–water partition coefficient (Wildman–Crippen LogP) is 22.4. The molecule has 7 aromatic rings. The Bertz CT molecular complexity index is 4210. The van der Waals surface area contributed by atoms with Gasteiger partial charge in [-0.1, -0.05) is 203 Å². The van der Waals surface area contributed by atoms with E-state index in [0.29, 0.717) is 25.0 Å². The summed E-state index contributed by atoms with van der Waals surface area (Å²) in [5, 5.41) is 0. The highest BCUT2D eigenvalue weighted by atomic mass is 32.1. The van der Waals surface area contributed by atoms with E-state index >= 15 is 0 Å². The van der Waals surface area contributed by atoms with Crippen LogP contribution in [0.15, 0.2) is 218 Å². The fraction of sp³-hybridized carbons (Fsp3) is 0.293. The van der Waals surface area contributed by atoms with Gasteiger partial charge in [0, 0.05) is 62.7 Å². The smallest absolute Gasteiger partial charge is 0.180 e. The van der Waals surface area contributed by atoms with Crippen molar-refractivity contribution in [1.82, 2.24) is 0 Å². The van der Waals surface area contributed by atoms with Gasteiger partial charge in [-0.25, -0.2) is 0 Å². The van der Waals surface area contributed by atoms with Gasteiger partial charge < -0.3 is 19.3 Å². The lowest BCUT2D eigenvalue weighted by Gasteiger charge is -2.31. The Morgan fingerprint density at radius 2 is 1.20 bits per heavy atom. The van der Waals surface area contributed by atoms with E-state index < -0.39 is 0 Å². The molecule has 0 saturated carbocycles. The highest BCUT2D eigenvalue weighted by molar-refractivity contribution is 7.14. The molecule has 0 saturated heterocycles. The van der Waals surface area contributed by atoms with Crippen LogP contribution in [-0.2, 0) is 21.7 Å². The van der Waals surface area contributed by atoms with Gasteiger partial charge in [0.05, 0.1) is 23.0 Å². The van der Waals surface area contributed by atoms with E-state index in [9.17, 15) is 0 Å². The monoisotopic (exact) mass is 1160 g/mol. The van der Waals surface area contributed by atoms with Crippen LogP contribution in [0.25, 0.3) is 33.4 Å². The van der Waals surface area contributed by atoms with Crippen LogP contribution in [0.2, 0.25) is 0 Å². The first-order valence-electron chi connectivity index (χ1n) is 31.7. The zero-order chi connectivity index (χ0) is 60.9. The second kappa shape index (κ2) is 21.9. The van der Waals surface area contributed by atoms with Crippen LogP contribution in [-0.4, -0.2) is 13.2 Å². The van der Waals surface area contributed by atoms with E-state index in [2.05, 4.69) is 288 Å². The van der Waals surface area contributed by atoms with Crippen molar-refractivity contribution in [2.45, 2.75) is 136 Å². The number of thiophene rings is 1. The number of rotatable bonds is 13. The summed E-state index contributed by atoms with van der Waals surface area (Å²) in [6, 6.07) is 46.2. The molecule has 6 aromatic carbocycles. The maximum Gasteiger partial charge on any atom is 0.180 e. The maximum absolute atomic E-state index is 6.78. The predicted molar refractivity (Wildman–Crippen MR) is 371 cm³/mol. The molecule has 0 radical (unpaired) electrons. The molecule has 0 N–H and O–H groups in total. The Morgan fingerprint density at radius 1 is 0.632 bits per heavy atom. The zero-order valence-corrected chi connectivity index (χ0v) is 54.0. The summed E-state index contributed by atoms with van der Waals surface area (Å²) in [5.74, 6) is 2.75. The molecule has 1 aromatic heterocycles. The molecule has 2 heterocycles. The Kier molecular flexibility index (Phi) is 14.6. The van der Waals surface area contributed by atoms with Crippen molar-refractivity contribution in [2.75, 3.05) is 23.0 Å². The van der Waals surface area contributed by atoms with Crippen LogP contribution in [0.4, 0.5) is 22.7 Å². The fourth-order valence-electron chi connectivity index (χ4n) is 15.5. The summed E-state index contributed by atoms with van der Waals surface area (Å²) in [6.07, 6.45) is 27.7. The SMILES string of the molecule is C=C1C(=CC=CC)C(C)(C)c2cc(N(C(=C)C=CC(=CC)c3sc(C4C=CC(N(c5ccc6c(c5)C(C)(C)CC6C(C)C=CC)c5ccc6c(c5)C(C)(C)c5ccccc5-6)=CC4)c4c3OCCCO4)c3ccc4c(c3)C(C)(C)c3ccccc3-4)ccc21. The third kappa shape index (κ3) is 9.53. The Morgan fingerprint density at radius 3 is 1.80 bits per heavy atom. The lowest BCUT2D eigenvalue weighted by atomic mass is 9.81. The van der Waals surface area contributed by atoms with Gasteiger partial charge >= 0.3 is 0 Å². The van der Waals surface area contributed by atoms with Crippen LogP contribution in [0, 0.1) is 5.92 Å². The second-order valence-corrected chi connectivity index (χ2v) is 28.2. The number of allylic oxidation sites excluding steroid dienone is 14. The van der Waals surface area contributed by atoms with Crippen molar-refractivity contribution in [3.63, 3.8) is 0 Å².